The summed E-state index contributed by atoms with van der Waals surface area (Å²) in [7, 11) is -1.24. The average molecular weight is 250 g/mol. The standard InChI is InChI=1S/C4H4BrN5OS/c5-10-8-4-3(1-9(10)6)7-2-12(4)11/h1-2H,6H2. The molecule has 12 heavy (non-hydrogen) atoms. The van der Waals surface area contributed by atoms with Gasteiger partial charge in [0.2, 0.25) is 0 Å². The Bertz CT molecular complexity index is 336. The summed E-state index contributed by atoms with van der Waals surface area (Å²) in [6.07, 6.45) is 1.53. The lowest BCUT2D eigenvalue weighted by atomic mass is 10.5. The molecular formula is C4H4BrN5OS. The molecule has 0 aromatic heterocycles. The second-order valence-electron chi connectivity index (χ2n) is 2.07. The number of rotatable bonds is 0. The summed E-state index contributed by atoms with van der Waals surface area (Å²) in [6.45, 7) is 0. The normalized spacial score (nSPS) is 27.0. The minimum atomic E-state index is -1.24. The van der Waals surface area contributed by atoms with E-state index in [2.05, 4.69) is 26.2 Å². The first kappa shape index (κ1) is 7.90. The van der Waals surface area contributed by atoms with E-state index in [0.717, 1.165) is 0 Å². The molecule has 2 aliphatic rings. The maximum Gasteiger partial charge on any atom is 0.183 e. The highest BCUT2D eigenvalue weighted by Gasteiger charge is 2.25. The van der Waals surface area contributed by atoms with Gasteiger partial charge in [-0.3, -0.25) is 0 Å². The predicted octanol–water partition coefficient (Wildman–Crippen LogP) is -0.352. The van der Waals surface area contributed by atoms with E-state index in [1.54, 1.807) is 0 Å². The Morgan fingerprint density at radius 3 is 3.17 bits per heavy atom. The van der Waals surface area contributed by atoms with Crippen LogP contribution in [-0.4, -0.2) is 24.1 Å². The Labute approximate surface area is 79.1 Å². The van der Waals surface area contributed by atoms with E-state index >= 15 is 0 Å². The zero-order chi connectivity index (χ0) is 8.72. The second-order valence-corrected chi connectivity index (χ2v) is 3.90. The summed E-state index contributed by atoms with van der Waals surface area (Å²) in [5.74, 6) is 5.44. The average Bonchev–Trinajstić information content (AvgIpc) is 2.35. The number of hydrazine groups is 2. The largest absolute Gasteiger partial charge is 0.246 e. The Balaban J connectivity index is 2.43. The fraction of sp³-hybridized carbons (Fsp3) is 0. The smallest absolute Gasteiger partial charge is 0.183 e. The molecule has 2 N–H and O–H groups in total. The number of hydrogen-bond acceptors (Lipinski definition) is 6. The molecule has 0 saturated carbocycles. The van der Waals surface area contributed by atoms with Crippen molar-refractivity contribution in [3.05, 3.63) is 11.9 Å². The molecule has 0 spiro atoms. The van der Waals surface area contributed by atoms with E-state index in [1.165, 1.54) is 21.0 Å². The Morgan fingerprint density at radius 2 is 2.42 bits per heavy atom. The molecule has 2 rings (SSSR count). The molecule has 0 aromatic carbocycles. The van der Waals surface area contributed by atoms with Gasteiger partial charge in [0, 0.05) is 0 Å². The number of nitrogens with two attached hydrogens (primary N) is 1. The van der Waals surface area contributed by atoms with Crippen LogP contribution in [0, 0.1) is 0 Å². The van der Waals surface area contributed by atoms with Crippen LogP contribution in [0.2, 0.25) is 0 Å². The van der Waals surface area contributed by atoms with Gasteiger partial charge in [0.15, 0.2) is 5.04 Å². The molecule has 8 heteroatoms. The van der Waals surface area contributed by atoms with Gasteiger partial charge in [0.05, 0.1) is 27.9 Å². The van der Waals surface area contributed by atoms with Crippen molar-refractivity contribution in [3.8, 4) is 0 Å². The molecule has 0 bridgehead atoms. The van der Waals surface area contributed by atoms with Crippen LogP contribution in [0.4, 0.5) is 0 Å². The third kappa shape index (κ3) is 1.08. The van der Waals surface area contributed by atoms with Crippen molar-refractivity contribution in [2.45, 2.75) is 0 Å². The first-order chi connectivity index (χ1) is 5.68. The Hall–Kier alpha value is -0.730. The number of halogens is 1. The highest BCUT2D eigenvalue weighted by Crippen LogP contribution is 2.19. The first-order valence-corrected chi connectivity index (χ1v) is 4.86. The molecule has 0 fully saturated rings. The molecule has 0 saturated heterocycles. The maximum atomic E-state index is 11.1. The summed E-state index contributed by atoms with van der Waals surface area (Å²) in [6, 6.07) is 0. The summed E-state index contributed by atoms with van der Waals surface area (Å²) < 4.78 is 12.4. The lowest BCUT2D eigenvalue weighted by Crippen LogP contribution is -2.37. The SMILES string of the molecule is NN1C=C2N=CS(=O)C2=NN1Br. The number of hydrogen-bond donors (Lipinski definition) is 1. The van der Waals surface area contributed by atoms with E-state index in [-0.39, 0.29) is 0 Å². The van der Waals surface area contributed by atoms with Crippen LogP contribution in [0.15, 0.2) is 22.0 Å². The van der Waals surface area contributed by atoms with E-state index in [0.29, 0.717) is 10.7 Å². The summed E-state index contributed by atoms with van der Waals surface area (Å²) in [5.41, 5.74) is 1.86. The summed E-state index contributed by atoms with van der Waals surface area (Å²) in [5, 5.41) is 5.48. The topological polar surface area (TPSA) is 74.3 Å². The van der Waals surface area contributed by atoms with Crippen LogP contribution in [0.5, 0.6) is 0 Å². The molecule has 64 valence electrons. The molecule has 1 unspecified atom stereocenters. The van der Waals surface area contributed by atoms with Crippen LogP contribution in [-0.2, 0) is 10.8 Å². The van der Waals surface area contributed by atoms with Crippen molar-refractivity contribution >= 4 is 37.5 Å². The van der Waals surface area contributed by atoms with Gasteiger partial charge in [-0.15, -0.1) is 9.25 Å². The lowest BCUT2D eigenvalue weighted by molar-refractivity contribution is 0.147. The maximum absolute atomic E-state index is 11.1. The van der Waals surface area contributed by atoms with Crippen molar-refractivity contribution in [2.75, 3.05) is 0 Å². The molecule has 0 aromatic rings. The minimum Gasteiger partial charge on any atom is -0.246 e. The molecule has 1 atom stereocenters. The molecule has 2 heterocycles. The zero-order valence-corrected chi connectivity index (χ0v) is 8.12. The predicted molar refractivity (Wildman–Crippen MR) is 48.9 cm³/mol. The van der Waals surface area contributed by atoms with Gasteiger partial charge < -0.3 is 0 Å². The van der Waals surface area contributed by atoms with E-state index in [1.807, 2.05) is 0 Å². The van der Waals surface area contributed by atoms with Crippen LogP contribution in [0.1, 0.15) is 0 Å². The Kier molecular flexibility index (Phi) is 1.74. The van der Waals surface area contributed by atoms with Crippen molar-refractivity contribution in [3.63, 3.8) is 0 Å². The van der Waals surface area contributed by atoms with Crippen molar-refractivity contribution < 1.29 is 4.21 Å². The lowest BCUT2D eigenvalue weighted by Gasteiger charge is -2.23. The van der Waals surface area contributed by atoms with Crippen LogP contribution in [0.3, 0.4) is 0 Å². The molecule has 0 aliphatic carbocycles. The quantitative estimate of drug-likeness (QED) is 0.471. The van der Waals surface area contributed by atoms with Gasteiger partial charge in [-0.05, 0) is 0 Å². The van der Waals surface area contributed by atoms with Crippen LogP contribution >= 0.6 is 16.1 Å². The zero-order valence-electron chi connectivity index (χ0n) is 5.72. The number of nitrogens with zero attached hydrogens (tertiary/aromatic N) is 4. The van der Waals surface area contributed by atoms with Gasteiger partial charge in [0.1, 0.15) is 16.5 Å². The number of aliphatic imine (C=N–C) groups is 1. The summed E-state index contributed by atoms with van der Waals surface area (Å²) in [4.78, 5) is 3.86. The third-order valence-electron chi connectivity index (χ3n) is 1.32. The van der Waals surface area contributed by atoms with E-state index in [4.69, 9.17) is 5.84 Å². The monoisotopic (exact) mass is 249 g/mol. The van der Waals surface area contributed by atoms with Gasteiger partial charge >= 0.3 is 0 Å². The fourth-order valence-corrected chi connectivity index (χ4v) is 1.93. The van der Waals surface area contributed by atoms with Crippen LogP contribution in [0.25, 0.3) is 0 Å². The number of fused-ring (bicyclic) bond motifs is 1. The highest BCUT2D eigenvalue weighted by atomic mass is 79.9. The van der Waals surface area contributed by atoms with Crippen molar-refractivity contribution in [2.24, 2.45) is 15.9 Å². The Morgan fingerprint density at radius 1 is 1.67 bits per heavy atom. The molecular weight excluding hydrogens is 246 g/mol. The molecule has 0 radical (unpaired) electrons. The van der Waals surface area contributed by atoms with Gasteiger partial charge in [-0.1, -0.05) is 0 Å². The van der Waals surface area contributed by atoms with Gasteiger partial charge in [-0.25, -0.2) is 15.0 Å². The second kappa shape index (κ2) is 2.64. The van der Waals surface area contributed by atoms with E-state index in [9.17, 15) is 4.21 Å². The van der Waals surface area contributed by atoms with Crippen molar-refractivity contribution in [1.29, 1.82) is 0 Å². The first-order valence-electron chi connectivity index (χ1n) is 2.94. The number of hydrazone groups is 1. The van der Waals surface area contributed by atoms with Crippen molar-refractivity contribution in [1.82, 2.24) is 9.26 Å². The molecule has 6 nitrogen and oxygen atoms in total. The van der Waals surface area contributed by atoms with Crippen LogP contribution < -0.4 is 5.84 Å². The summed E-state index contributed by atoms with van der Waals surface area (Å²) >= 11 is 3.03. The van der Waals surface area contributed by atoms with Gasteiger partial charge in [-0.2, -0.15) is 5.12 Å². The van der Waals surface area contributed by atoms with Gasteiger partial charge in [0.25, 0.3) is 0 Å². The van der Waals surface area contributed by atoms with E-state index < -0.39 is 10.8 Å². The highest BCUT2D eigenvalue weighted by molar-refractivity contribution is 9.07. The molecule has 2 aliphatic heterocycles. The molecule has 0 amide bonds. The fourth-order valence-electron chi connectivity index (χ4n) is 0.792. The minimum absolute atomic E-state index is 0.411. The third-order valence-corrected chi connectivity index (χ3v) is 2.81.